The molecule has 0 aromatic heterocycles. The Balaban J connectivity index is 0.000000260. The van der Waals surface area contributed by atoms with E-state index in [2.05, 4.69) is 77.6 Å². The van der Waals surface area contributed by atoms with Gasteiger partial charge >= 0.3 is 6.18 Å². The molecular formula is C19H17F3N2S2. The smallest absolute Gasteiger partial charge is 0.195 e. The van der Waals surface area contributed by atoms with Gasteiger partial charge in [-0.3, -0.25) is 0 Å². The molecule has 0 bridgehead atoms. The van der Waals surface area contributed by atoms with E-state index in [4.69, 9.17) is 0 Å². The first-order valence-corrected chi connectivity index (χ1v) is 8.33. The Morgan fingerprint density at radius 2 is 1.04 bits per heavy atom. The first-order chi connectivity index (χ1) is 12.1. The van der Waals surface area contributed by atoms with Gasteiger partial charge in [0.1, 0.15) is 0 Å². The second-order valence-corrected chi connectivity index (χ2v) is 6.61. The van der Waals surface area contributed by atoms with Crippen molar-refractivity contribution in [3.8, 4) is 0 Å². The van der Waals surface area contributed by atoms with Crippen LogP contribution in [0.25, 0.3) is 0 Å². The maximum atomic E-state index is 12.0. The van der Waals surface area contributed by atoms with Crippen molar-refractivity contribution < 1.29 is 13.2 Å². The molecule has 0 aliphatic carbocycles. The van der Waals surface area contributed by atoms with Crippen molar-refractivity contribution in [3.63, 3.8) is 0 Å². The lowest BCUT2D eigenvalue weighted by molar-refractivity contribution is -0.137. The van der Waals surface area contributed by atoms with Gasteiger partial charge < -0.3 is 0 Å². The molecule has 0 radical (unpaired) electrons. The summed E-state index contributed by atoms with van der Waals surface area (Å²) in [6, 6.07) is 12.4. The van der Waals surface area contributed by atoms with E-state index in [1.54, 1.807) is 0 Å². The third-order valence-electron chi connectivity index (χ3n) is 3.28. The molecule has 2 aromatic carbocycles. The molecule has 0 heterocycles. The molecule has 0 saturated carbocycles. The van der Waals surface area contributed by atoms with Crippen molar-refractivity contribution in [1.82, 2.24) is 0 Å². The van der Waals surface area contributed by atoms with Gasteiger partial charge in [-0.15, -0.1) is 0 Å². The molecule has 136 valence electrons. The highest BCUT2D eigenvalue weighted by molar-refractivity contribution is 7.78. The zero-order chi connectivity index (χ0) is 19.8. The van der Waals surface area contributed by atoms with E-state index < -0.39 is 11.7 Å². The Morgan fingerprint density at radius 3 is 1.31 bits per heavy atom. The summed E-state index contributed by atoms with van der Waals surface area (Å²) in [6.07, 6.45) is -4.31. The largest absolute Gasteiger partial charge is 0.416 e. The monoisotopic (exact) mass is 394 g/mol. The van der Waals surface area contributed by atoms with Crippen LogP contribution in [0.2, 0.25) is 0 Å². The predicted molar refractivity (Wildman–Crippen MR) is 106 cm³/mol. The van der Waals surface area contributed by atoms with E-state index in [-0.39, 0.29) is 5.41 Å². The van der Waals surface area contributed by atoms with Gasteiger partial charge in [-0.1, -0.05) is 32.9 Å². The number of alkyl halides is 3. The topological polar surface area (TPSA) is 24.7 Å². The molecule has 0 amide bonds. The highest BCUT2D eigenvalue weighted by Crippen LogP contribution is 2.30. The third-order valence-corrected chi connectivity index (χ3v) is 3.46. The summed E-state index contributed by atoms with van der Waals surface area (Å²) in [6.45, 7) is 6.55. The minimum absolute atomic E-state index is 0.194. The molecule has 0 spiro atoms. The molecule has 0 fully saturated rings. The molecule has 0 unspecified atom stereocenters. The summed E-state index contributed by atoms with van der Waals surface area (Å²) >= 11 is 8.83. The van der Waals surface area contributed by atoms with E-state index in [1.165, 1.54) is 17.7 Å². The summed E-state index contributed by atoms with van der Waals surface area (Å²) in [4.78, 5) is 7.42. The van der Waals surface area contributed by atoms with Crippen molar-refractivity contribution in [2.45, 2.75) is 32.4 Å². The normalized spacial score (nSPS) is 10.7. The van der Waals surface area contributed by atoms with Crippen LogP contribution in [0.5, 0.6) is 0 Å². The summed E-state index contributed by atoms with van der Waals surface area (Å²) in [5, 5.41) is 4.42. The molecule has 0 N–H and O–H groups in total. The first kappa shape index (κ1) is 21.9. The summed E-state index contributed by atoms with van der Waals surface area (Å²) in [5.41, 5.74) is 2.03. The zero-order valence-electron chi connectivity index (χ0n) is 14.5. The molecule has 26 heavy (non-hydrogen) atoms. The summed E-state index contributed by atoms with van der Waals surface area (Å²) < 4.78 is 36.1. The van der Waals surface area contributed by atoms with Crippen LogP contribution < -0.4 is 0 Å². The minimum atomic E-state index is -4.31. The standard InChI is InChI=1S/C11H13NS.C8H4F3NS/c1-11(2,3)9-4-6-10(7-5-9)12-8-13;9-8(10,11)6-1-3-7(4-2-6)12-5-13/h4-7H,1-3H3;1-4H. The number of halogens is 3. The molecule has 2 aromatic rings. The van der Waals surface area contributed by atoms with E-state index in [0.29, 0.717) is 5.69 Å². The fourth-order valence-corrected chi connectivity index (χ4v) is 2.08. The summed E-state index contributed by atoms with van der Waals surface area (Å²) in [7, 11) is 0. The van der Waals surface area contributed by atoms with Crippen LogP contribution in [0.15, 0.2) is 58.5 Å². The van der Waals surface area contributed by atoms with Gasteiger partial charge in [0.25, 0.3) is 0 Å². The molecule has 7 heteroatoms. The Labute approximate surface area is 161 Å². The fourth-order valence-electron chi connectivity index (χ4n) is 1.87. The van der Waals surface area contributed by atoms with Gasteiger partial charge in [0.15, 0.2) is 0 Å². The van der Waals surface area contributed by atoms with Crippen LogP contribution >= 0.6 is 24.4 Å². The van der Waals surface area contributed by atoms with E-state index in [0.717, 1.165) is 17.8 Å². The lowest BCUT2D eigenvalue weighted by atomic mass is 9.87. The Hall–Kier alpha value is -2.17. The van der Waals surface area contributed by atoms with Crippen molar-refractivity contribution in [2.75, 3.05) is 0 Å². The number of thiocarbonyl (C=S) groups is 2. The number of hydrogen-bond acceptors (Lipinski definition) is 4. The van der Waals surface area contributed by atoms with E-state index in [9.17, 15) is 13.2 Å². The lowest BCUT2D eigenvalue weighted by Crippen LogP contribution is -2.10. The van der Waals surface area contributed by atoms with Crippen LogP contribution in [0.4, 0.5) is 24.5 Å². The van der Waals surface area contributed by atoms with Gasteiger partial charge in [-0.05, 0) is 71.8 Å². The maximum absolute atomic E-state index is 12.0. The van der Waals surface area contributed by atoms with Crippen LogP contribution in [0.3, 0.4) is 0 Å². The molecule has 0 aliphatic heterocycles. The Morgan fingerprint density at radius 1 is 0.692 bits per heavy atom. The van der Waals surface area contributed by atoms with Gasteiger partial charge in [0.05, 0.1) is 27.3 Å². The second-order valence-electron chi connectivity index (χ2n) is 6.25. The highest BCUT2D eigenvalue weighted by Gasteiger charge is 2.29. The third kappa shape index (κ3) is 7.38. The fraction of sp³-hybridized carbons (Fsp3) is 0.263. The van der Waals surface area contributed by atoms with Gasteiger partial charge in [-0.25, -0.2) is 0 Å². The predicted octanol–water partition coefficient (Wildman–Crippen LogP) is 7.16. The Bertz CT molecular complexity index is 736. The van der Waals surface area contributed by atoms with Crippen LogP contribution in [0, 0.1) is 0 Å². The van der Waals surface area contributed by atoms with Crippen LogP contribution in [-0.2, 0) is 11.6 Å². The number of aliphatic imine (C=N–C) groups is 2. The van der Waals surface area contributed by atoms with E-state index >= 15 is 0 Å². The summed E-state index contributed by atoms with van der Waals surface area (Å²) in [5.74, 6) is 0. The number of rotatable bonds is 2. The maximum Gasteiger partial charge on any atom is 0.416 e. The SMILES string of the molecule is CC(C)(C)c1ccc(N=C=S)cc1.FC(F)(F)c1ccc(N=C=S)cc1. The number of benzene rings is 2. The highest BCUT2D eigenvalue weighted by atomic mass is 32.1. The number of isothiocyanates is 2. The van der Waals surface area contributed by atoms with Gasteiger partial charge in [0, 0.05) is 0 Å². The molecular weight excluding hydrogens is 377 g/mol. The van der Waals surface area contributed by atoms with Crippen molar-refractivity contribution in [2.24, 2.45) is 9.98 Å². The Kier molecular flexibility index (Phi) is 8.00. The quantitative estimate of drug-likeness (QED) is 0.399. The van der Waals surface area contributed by atoms with Gasteiger partial charge in [-0.2, -0.15) is 23.2 Å². The second kappa shape index (κ2) is 9.51. The molecule has 0 aliphatic rings. The molecule has 2 nitrogen and oxygen atoms in total. The molecule has 2 rings (SSSR count). The minimum Gasteiger partial charge on any atom is -0.195 e. The molecule has 0 atom stereocenters. The van der Waals surface area contributed by atoms with Crippen LogP contribution in [-0.4, -0.2) is 10.3 Å². The van der Waals surface area contributed by atoms with Crippen LogP contribution in [0.1, 0.15) is 31.9 Å². The number of hydrogen-bond donors (Lipinski definition) is 0. The van der Waals surface area contributed by atoms with E-state index in [1.807, 2.05) is 12.1 Å². The first-order valence-electron chi connectivity index (χ1n) is 7.51. The lowest BCUT2D eigenvalue weighted by Gasteiger charge is -2.18. The van der Waals surface area contributed by atoms with Crippen molar-refractivity contribution in [1.29, 1.82) is 0 Å². The number of nitrogens with zero attached hydrogens (tertiary/aromatic N) is 2. The van der Waals surface area contributed by atoms with Crippen molar-refractivity contribution >= 4 is 46.1 Å². The average molecular weight is 394 g/mol. The molecule has 0 saturated heterocycles. The van der Waals surface area contributed by atoms with Gasteiger partial charge in [0.2, 0.25) is 0 Å². The zero-order valence-corrected chi connectivity index (χ0v) is 16.1. The average Bonchev–Trinajstić information content (AvgIpc) is 2.55. The van der Waals surface area contributed by atoms with Crippen molar-refractivity contribution in [3.05, 3.63) is 59.7 Å².